The maximum atomic E-state index is 14.5. The van der Waals surface area contributed by atoms with Crippen LogP contribution in [0.1, 0.15) is 0 Å². The van der Waals surface area contributed by atoms with Crippen molar-refractivity contribution in [2.24, 2.45) is 0 Å². The number of aromatic nitrogens is 2. The summed E-state index contributed by atoms with van der Waals surface area (Å²) in [6.45, 7) is 0. The molecule has 0 spiro atoms. The summed E-state index contributed by atoms with van der Waals surface area (Å²) in [4.78, 5) is 28.8. The largest absolute Gasteiger partial charge is 0.497 e. The Hall–Kier alpha value is -8.31. The standard InChI is InChI=1S/C50H39N6O5/c1-51-43(60-49-45(55(51)36-20-9-5-10-21-36)39-24-13-15-26-41(39)47(57)53(49)34-18-7-4-8-19-34)28-17-29-44-52(2)56(37-22-11-6-12-23-37)46-40-25-14-16-27-42(40)48(58)54(50(46)61-44)35-30-32-38(59-3)33-31-35/h4-33H,1-3H3/q+1. The molecule has 11 heteroatoms. The fourth-order valence-corrected chi connectivity index (χ4v) is 8.06. The van der Waals surface area contributed by atoms with E-state index in [4.69, 9.17) is 14.2 Å². The van der Waals surface area contributed by atoms with Crippen LogP contribution >= 0.6 is 0 Å². The van der Waals surface area contributed by atoms with Crippen LogP contribution < -0.4 is 35.3 Å². The Morgan fingerprint density at radius 3 is 1.59 bits per heavy atom. The molecule has 0 amide bonds. The quantitative estimate of drug-likeness (QED) is 0.148. The molecule has 2 aliphatic heterocycles. The molecule has 2 aliphatic rings. The van der Waals surface area contributed by atoms with Crippen LogP contribution in [0.2, 0.25) is 0 Å². The summed E-state index contributed by atoms with van der Waals surface area (Å²) in [5, 5.41) is 8.62. The normalized spacial score (nSPS) is 14.3. The molecule has 6 aromatic carbocycles. The van der Waals surface area contributed by atoms with Crippen molar-refractivity contribution >= 4 is 50.2 Å². The highest BCUT2D eigenvalue weighted by molar-refractivity contribution is 6.01. The third-order valence-electron chi connectivity index (χ3n) is 10.9. The molecule has 0 unspecified atom stereocenters. The number of pyridine rings is 2. The van der Waals surface area contributed by atoms with E-state index in [1.165, 1.54) is 0 Å². The first kappa shape index (κ1) is 37.0. The summed E-state index contributed by atoms with van der Waals surface area (Å²) in [5.74, 6) is 2.24. The second-order valence-corrected chi connectivity index (χ2v) is 14.5. The van der Waals surface area contributed by atoms with Gasteiger partial charge in [0.05, 0.1) is 35.6 Å². The predicted molar refractivity (Wildman–Crippen MR) is 240 cm³/mol. The Balaban J connectivity index is 1.15. The third-order valence-corrected chi connectivity index (χ3v) is 10.9. The lowest BCUT2D eigenvalue weighted by molar-refractivity contribution is -0.509. The summed E-state index contributed by atoms with van der Waals surface area (Å²) in [6, 6.07) is 51.9. The number of para-hydroxylation sites is 3. The first-order chi connectivity index (χ1) is 29.9. The van der Waals surface area contributed by atoms with E-state index in [0.29, 0.717) is 57.1 Å². The fraction of sp³-hybridized carbons (Fsp3) is 0.0600. The van der Waals surface area contributed by atoms with Gasteiger partial charge in [-0.2, -0.15) is 0 Å². The smallest absolute Gasteiger partial charge is 0.398 e. The third kappa shape index (κ3) is 6.18. The molecule has 4 heterocycles. The van der Waals surface area contributed by atoms with Crippen LogP contribution in [0.15, 0.2) is 197 Å². The summed E-state index contributed by atoms with van der Waals surface area (Å²) < 4.78 is 24.3. The minimum absolute atomic E-state index is 0.198. The van der Waals surface area contributed by atoms with Gasteiger partial charge in [0.25, 0.3) is 11.1 Å². The van der Waals surface area contributed by atoms with Gasteiger partial charge in [-0.3, -0.25) is 14.6 Å². The van der Waals surface area contributed by atoms with Crippen LogP contribution in [-0.4, -0.2) is 45.9 Å². The van der Waals surface area contributed by atoms with Gasteiger partial charge in [-0.05, 0) is 78.9 Å². The van der Waals surface area contributed by atoms with Crippen molar-refractivity contribution in [2.75, 3.05) is 31.2 Å². The molecule has 0 atom stereocenters. The average Bonchev–Trinajstić information content (AvgIpc) is 3.31. The summed E-state index contributed by atoms with van der Waals surface area (Å²) in [7, 11) is 5.45. The van der Waals surface area contributed by atoms with Gasteiger partial charge in [0.15, 0.2) is 12.7 Å². The number of hydrogen-bond donors (Lipinski definition) is 0. The van der Waals surface area contributed by atoms with E-state index in [9.17, 15) is 9.59 Å². The van der Waals surface area contributed by atoms with Crippen molar-refractivity contribution in [3.05, 3.63) is 209 Å². The number of allylic oxidation sites excluding steroid dienone is 2. The van der Waals surface area contributed by atoms with Gasteiger partial charge >= 0.3 is 5.90 Å². The molecule has 0 radical (unpaired) electrons. The van der Waals surface area contributed by atoms with Crippen molar-refractivity contribution in [1.82, 2.24) is 14.1 Å². The maximum absolute atomic E-state index is 14.5. The first-order valence-electron chi connectivity index (χ1n) is 19.8. The molecule has 2 aromatic heterocycles. The molecule has 0 bridgehead atoms. The van der Waals surface area contributed by atoms with Crippen molar-refractivity contribution in [3.8, 4) is 28.9 Å². The second kappa shape index (κ2) is 15.1. The Morgan fingerprint density at radius 1 is 0.541 bits per heavy atom. The van der Waals surface area contributed by atoms with Crippen LogP contribution in [0, 0.1) is 0 Å². The van der Waals surface area contributed by atoms with Crippen molar-refractivity contribution in [1.29, 1.82) is 0 Å². The zero-order valence-corrected chi connectivity index (χ0v) is 33.5. The van der Waals surface area contributed by atoms with Crippen molar-refractivity contribution < 1.29 is 18.9 Å². The first-order valence-corrected chi connectivity index (χ1v) is 19.8. The Bertz CT molecular complexity index is 3200. The number of methoxy groups -OCH3 is 1. The van der Waals surface area contributed by atoms with E-state index in [1.54, 1.807) is 16.2 Å². The average molecular weight is 804 g/mol. The zero-order valence-electron chi connectivity index (χ0n) is 33.5. The Kier molecular flexibility index (Phi) is 9.18. The van der Waals surface area contributed by atoms with Gasteiger partial charge in [0.2, 0.25) is 17.6 Å². The van der Waals surface area contributed by atoms with Gasteiger partial charge in [-0.15, -0.1) is 5.01 Å². The second-order valence-electron chi connectivity index (χ2n) is 14.5. The van der Waals surface area contributed by atoms with E-state index in [0.717, 1.165) is 27.8 Å². The summed E-state index contributed by atoms with van der Waals surface area (Å²) >= 11 is 0. The SMILES string of the molecule is COc1ccc(-n2c3c(c4ccccc4c2=O)N(c2ccccc2)N(C)/C(=C\C=C\C2=[N+](C)N(c4ccccc4)c4c(n(-c5ccccc5)c(=O)c5ccccc45)O2)O3)cc1. The summed E-state index contributed by atoms with van der Waals surface area (Å²) in [5.41, 5.74) is 4.02. The van der Waals surface area contributed by atoms with E-state index < -0.39 is 0 Å². The Morgan fingerprint density at radius 2 is 1.02 bits per heavy atom. The lowest BCUT2D eigenvalue weighted by Crippen LogP contribution is -2.43. The molecule has 0 saturated heterocycles. The van der Waals surface area contributed by atoms with E-state index in [2.05, 4.69) is 5.01 Å². The predicted octanol–water partition coefficient (Wildman–Crippen LogP) is 9.26. The van der Waals surface area contributed by atoms with Crippen LogP contribution in [-0.2, 0) is 0 Å². The van der Waals surface area contributed by atoms with Crippen LogP contribution in [0.5, 0.6) is 17.5 Å². The van der Waals surface area contributed by atoms with E-state index in [1.807, 2.05) is 211 Å². The van der Waals surface area contributed by atoms with Gasteiger partial charge in [0, 0.05) is 29.3 Å². The Labute approximate surface area is 350 Å². The number of nitrogens with zero attached hydrogens (tertiary/aromatic N) is 6. The summed E-state index contributed by atoms with van der Waals surface area (Å²) in [6.07, 6.45) is 5.49. The molecule has 0 fully saturated rings. The number of ether oxygens (including phenoxy) is 3. The van der Waals surface area contributed by atoms with Gasteiger partial charge in [-0.1, -0.05) is 95.7 Å². The highest BCUT2D eigenvalue weighted by Gasteiger charge is 2.38. The molecule has 61 heavy (non-hydrogen) atoms. The number of hydrazine groups is 2. The number of benzene rings is 6. The monoisotopic (exact) mass is 803 g/mol. The molecular weight excluding hydrogens is 765 g/mol. The molecule has 10 rings (SSSR count). The van der Waals surface area contributed by atoms with Crippen LogP contribution in [0.25, 0.3) is 32.9 Å². The lowest BCUT2D eigenvalue weighted by Gasteiger charge is -2.41. The zero-order chi connectivity index (χ0) is 41.6. The van der Waals surface area contributed by atoms with Crippen molar-refractivity contribution in [3.63, 3.8) is 0 Å². The molecule has 8 aromatic rings. The number of fused-ring (bicyclic) bond motifs is 6. The molecule has 298 valence electrons. The number of anilines is 4. The number of rotatable bonds is 7. The molecule has 11 nitrogen and oxygen atoms in total. The topological polar surface area (TPSA) is 84.4 Å². The van der Waals surface area contributed by atoms with Crippen LogP contribution in [0.3, 0.4) is 0 Å². The van der Waals surface area contributed by atoms with Crippen LogP contribution in [0.4, 0.5) is 22.7 Å². The van der Waals surface area contributed by atoms with Gasteiger partial charge in [-0.25, -0.2) is 14.1 Å². The maximum Gasteiger partial charge on any atom is 0.398 e. The van der Waals surface area contributed by atoms with E-state index in [-0.39, 0.29) is 11.1 Å². The van der Waals surface area contributed by atoms with Crippen molar-refractivity contribution in [2.45, 2.75) is 0 Å². The fourth-order valence-electron chi connectivity index (χ4n) is 8.06. The minimum Gasteiger partial charge on any atom is -0.497 e. The molecular formula is C50H39N6O5+. The molecule has 0 N–H and O–H groups in total. The highest BCUT2D eigenvalue weighted by Crippen LogP contribution is 2.46. The minimum atomic E-state index is -0.226. The van der Waals surface area contributed by atoms with Gasteiger partial charge < -0.3 is 14.2 Å². The molecule has 0 aliphatic carbocycles. The molecule has 0 saturated carbocycles. The number of hydrazone groups is 1. The lowest BCUT2D eigenvalue weighted by atomic mass is 10.1. The number of hydrogen-bond acceptors (Lipinski definition) is 8. The highest BCUT2D eigenvalue weighted by atomic mass is 16.5. The van der Waals surface area contributed by atoms with E-state index >= 15 is 0 Å². The van der Waals surface area contributed by atoms with Gasteiger partial charge in [0.1, 0.15) is 17.1 Å².